The van der Waals surface area contributed by atoms with Crippen LogP contribution in [0.15, 0.2) is 30.5 Å². The second-order valence-corrected chi connectivity index (χ2v) is 5.26. The highest BCUT2D eigenvalue weighted by Crippen LogP contribution is 2.28. The second-order valence-electron chi connectivity index (χ2n) is 4.82. The number of pyridine rings is 1. The summed E-state index contributed by atoms with van der Waals surface area (Å²) in [7, 11) is 1.37. The van der Waals surface area contributed by atoms with E-state index in [1.165, 1.54) is 7.11 Å². The Kier molecular flexibility index (Phi) is 3.94. The van der Waals surface area contributed by atoms with Crippen LogP contribution in [0.4, 0.5) is 5.69 Å². The standard InChI is InChI=1S/C15H15ClN2O3/c1-20-15(19)14-9-18(6-7-21-14)13-4-5-17-12-8-10(16)2-3-11(12)13/h2-5,8,14H,6-7,9H2,1H3. The van der Waals surface area contributed by atoms with Gasteiger partial charge in [-0.2, -0.15) is 0 Å². The van der Waals surface area contributed by atoms with Crippen molar-refractivity contribution in [2.45, 2.75) is 6.10 Å². The van der Waals surface area contributed by atoms with Gasteiger partial charge in [0.05, 0.1) is 25.8 Å². The Hall–Kier alpha value is -1.85. The van der Waals surface area contributed by atoms with Gasteiger partial charge < -0.3 is 14.4 Å². The number of esters is 1. The number of carbonyl (C=O) groups excluding carboxylic acids is 1. The quantitative estimate of drug-likeness (QED) is 0.797. The van der Waals surface area contributed by atoms with Crippen LogP contribution >= 0.6 is 11.6 Å². The molecule has 0 amide bonds. The van der Waals surface area contributed by atoms with E-state index < -0.39 is 6.10 Å². The molecular weight excluding hydrogens is 292 g/mol. The molecular formula is C15H15ClN2O3. The van der Waals surface area contributed by atoms with Crippen LogP contribution < -0.4 is 4.90 Å². The summed E-state index contributed by atoms with van der Waals surface area (Å²) in [6.07, 6.45) is 1.19. The zero-order chi connectivity index (χ0) is 14.8. The molecule has 3 rings (SSSR count). The summed E-state index contributed by atoms with van der Waals surface area (Å²) in [5.74, 6) is -0.346. The Labute approximate surface area is 127 Å². The number of benzene rings is 1. The van der Waals surface area contributed by atoms with Crippen LogP contribution in [0.2, 0.25) is 5.02 Å². The molecule has 21 heavy (non-hydrogen) atoms. The van der Waals surface area contributed by atoms with E-state index in [9.17, 15) is 4.79 Å². The van der Waals surface area contributed by atoms with Gasteiger partial charge in [-0.15, -0.1) is 0 Å². The molecule has 1 unspecified atom stereocenters. The number of anilines is 1. The van der Waals surface area contributed by atoms with Crippen molar-refractivity contribution in [3.05, 3.63) is 35.5 Å². The first-order chi connectivity index (χ1) is 10.2. The Bertz CT molecular complexity index is 677. The zero-order valence-corrected chi connectivity index (χ0v) is 12.3. The maximum Gasteiger partial charge on any atom is 0.336 e. The topological polar surface area (TPSA) is 51.7 Å². The molecule has 0 bridgehead atoms. The van der Waals surface area contributed by atoms with Gasteiger partial charge in [0, 0.05) is 28.8 Å². The highest BCUT2D eigenvalue weighted by atomic mass is 35.5. The molecule has 0 saturated carbocycles. The Morgan fingerprint density at radius 1 is 1.48 bits per heavy atom. The second kappa shape index (κ2) is 5.87. The number of methoxy groups -OCH3 is 1. The summed E-state index contributed by atoms with van der Waals surface area (Å²) in [6, 6.07) is 7.56. The van der Waals surface area contributed by atoms with E-state index in [1.54, 1.807) is 6.20 Å². The minimum atomic E-state index is -0.556. The van der Waals surface area contributed by atoms with Crippen molar-refractivity contribution in [1.29, 1.82) is 0 Å². The summed E-state index contributed by atoms with van der Waals surface area (Å²) in [6.45, 7) is 1.67. The maximum atomic E-state index is 11.6. The van der Waals surface area contributed by atoms with Crippen LogP contribution in [-0.2, 0) is 14.3 Å². The molecule has 1 atom stereocenters. The van der Waals surface area contributed by atoms with Crippen LogP contribution in [-0.4, -0.2) is 43.9 Å². The monoisotopic (exact) mass is 306 g/mol. The largest absolute Gasteiger partial charge is 0.467 e. The predicted molar refractivity (Wildman–Crippen MR) is 80.7 cm³/mol. The minimum absolute atomic E-state index is 0.346. The number of aromatic nitrogens is 1. The lowest BCUT2D eigenvalue weighted by molar-refractivity contribution is -0.154. The van der Waals surface area contributed by atoms with Gasteiger partial charge in [0.25, 0.3) is 0 Å². The van der Waals surface area contributed by atoms with Crippen LogP contribution in [0, 0.1) is 0 Å². The molecule has 2 heterocycles. The van der Waals surface area contributed by atoms with Crippen molar-refractivity contribution in [2.24, 2.45) is 0 Å². The number of carbonyl (C=O) groups is 1. The smallest absolute Gasteiger partial charge is 0.336 e. The Balaban J connectivity index is 1.94. The number of hydrogen-bond donors (Lipinski definition) is 0. The fraction of sp³-hybridized carbons (Fsp3) is 0.333. The van der Waals surface area contributed by atoms with E-state index in [-0.39, 0.29) is 5.97 Å². The molecule has 0 aliphatic carbocycles. The highest BCUT2D eigenvalue weighted by Gasteiger charge is 2.28. The molecule has 0 radical (unpaired) electrons. The predicted octanol–water partition coefficient (Wildman–Crippen LogP) is 2.27. The van der Waals surface area contributed by atoms with Gasteiger partial charge in [-0.3, -0.25) is 4.98 Å². The lowest BCUT2D eigenvalue weighted by Gasteiger charge is -2.33. The summed E-state index contributed by atoms with van der Waals surface area (Å²) in [5.41, 5.74) is 1.86. The first-order valence-corrected chi connectivity index (χ1v) is 7.05. The Morgan fingerprint density at radius 2 is 2.33 bits per heavy atom. The number of ether oxygens (including phenoxy) is 2. The number of halogens is 1. The molecule has 5 nitrogen and oxygen atoms in total. The number of fused-ring (bicyclic) bond motifs is 1. The maximum absolute atomic E-state index is 11.6. The van der Waals surface area contributed by atoms with Crippen molar-refractivity contribution in [3.8, 4) is 0 Å². The average molecular weight is 307 g/mol. The van der Waals surface area contributed by atoms with Crippen LogP contribution in [0.1, 0.15) is 0 Å². The number of morpholine rings is 1. The molecule has 6 heteroatoms. The highest BCUT2D eigenvalue weighted by molar-refractivity contribution is 6.31. The summed E-state index contributed by atoms with van der Waals surface area (Å²) in [5, 5.41) is 1.66. The van der Waals surface area contributed by atoms with E-state index in [4.69, 9.17) is 21.1 Å². The van der Waals surface area contributed by atoms with E-state index in [0.717, 1.165) is 23.1 Å². The van der Waals surface area contributed by atoms with Crippen LogP contribution in [0.25, 0.3) is 10.9 Å². The van der Waals surface area contributed by atoms with Gasteiger partial charge in [0.15, 0.2) is 6.10 Å². The van der Waals surface area contributed by atoms with Gasteiger partial charge in [0.2, 0.25) is 0 Å². The van der Waals surface area contributed by atoms with Gasteiger partial charge in [-0.25, -0.2) is 4.79 Å². The fourth-order valence-electron chi connectivity index (χ4n) is 2.52. The summed E-state index contributed by atoms with van der Waals surface area (Å²) < 4.78 is 10.2. The lowest BCUT2D eigenvalue weighted by Crippen LogP contribution is -2.46. The number of rotatable bonds is 2. The first kappa shape index (κ1) is 14.1. The van der Waals surface area contributed by atoms with Crippen molar-refractivity contribution >= 4 is 34.2 Å². The van der Waals surface area contributed by atoms with Crippen molar-refractivity contribution in [1.82, 2.24) is 4.98 Å². The molecule has 1 fully saturated rings. The molecule has 1 aromatic carbocycles. The van der Waals surface area contributed by atoms with E-state index in [0.29, 0.717) is 18.2 Å². The third-order valence-electron chi connectivity index (χ3n) is 3.55. The van der Waals surface area contributed by atoms with Crippen LogP contribution in [0.5, 0.6) is 0 Å². The van der Waals surface area contributed by atoms with Crippen molar-refractivity contribution in [2.75, 3.05) is 31.7 Å². The molecule has 1 saturated heterocycles. The third kappa shape index (κ3) is 2.80. The molecule has 0 spiro atoms. The molecule has 1 aromatic heterocycles. The number of nitrogens with zero attached hydrogens (tertiary/aromatic N) is 2. The van der Waals surface area contributed by atoms with E-state index in [1.807, 2.05) is 24.3 Å². The lowest BCUT2D eigenvalue weighted by atomic mass is 10.1. The van der Waals surface area contributed by atoms with Gasteiger partial charge in [-0.1, -0.05) is 11.6 Å². The van der Waals surface area contributed by atoms with Gasteiger partial charge in [0.1, 0.15) is 0 Å². The third-order valence-corrected chi connectivity index (χ3v) is 3.79. The van der Waals surface area contributed by atoms with E-state index in [2.05, 4.69) is 9.88 Å². The molecule has 0 N–H and O–H groups in total. The summed E-state index contributed by atoms with van der Waals surface area (Å²) in [4.78, 5) is 18.1. The fourth-order valence-corrected chi connectivity index (χ4v) is 2.69. The van der Waals surface area contributed by atoms with Crippen LogP contribution in [0.3, 0.4) is 0 Å². The first-order valence-electron chi connectivity index (χ1n) is 6.67. The molecule has 1 aliphatic heterocycles. The van der Waals surface area contributed by atoms with Crippen molar-refractivity contribution < 1.29 is 14.3 Å². The van der Waals surface area contributed by atoms with E-state index >= 15 is 0 Å². The normalized spacial score (nSPS) is 18.8. The summed E-state index contributed by atoms with van der Waals surface area (Å²) >= 11 is 6.01. The van der Waals surface area contributed by atoms with Gasteiger partial charge >= 0.3 is 5.97 Å². The molecule has 2 aromatic rings. The zero-order valence-electron chi connectivity index (χ0n) is 11.6. The SMILES string of the molecule is COC(=O)C1CN(c2ccnc3cc(Cl)ccc23)CCO1. The average Bonchev–Trinajstić information content (AvgIpc) is 2.53. The van der Waals surface area contributed by atoms with Crippen molar-refractivity contribution in [3.63, 3.8) is 0 Å². The molecule has 110 valence electrons. The minimum Gasteiger partial charge on any atom is -0.467 e. The molecule has 1 aliphatic rings. The number of hydrogen-bond acceptors (Lipinski definition) is 5. The van der Waals surface area contributed by atoms with Gasteiger partial charge in [-0.05, 0) is 24.3 Å². The Morgan fingerprint density at radius 3 is 3.14 bits per heavy atom.